The van der Waals surface area contributed by atoms with Crippen LogP contribution in [0.2, 0.25) is 0 Å². The molecule has 3 heteroatoms. The zero-order chi connectivity index (χ0) is 8.97. The molecular formula is C9H10NO2-. The van der Waals surface area contributed by atoms with Crippen molar-refractivity contribution in [3.8, 4) is 5.75 Å². The number of hydrogen-bond donors (Lipinski definition) is 1. The molecule has 0 aliphatic rings. The molecule has 1 rings (SSSR count). The fourth-order valence-electron chi connectivity index (χ4n) is 0.870. The van der Waals surface area contributed by atoms with Crippen molar-refractivity contribution in [2.75, 3.05) is 0 Å². The van der Waals surface area contributed by atoms with Gasteiger partial charge >= 0.3 is 0 Å². The second-order valence-electron chi connectivity index (χ2n) is 2.52. The van der Waals surface area contributed by atoms with Crippen LogP contribution in [-0.4, -0.2) is 5.91 Å². The lowest BCUT2D eigenvalue weighted by atomic mass is 10.2. The summed E-state index contributed by atoms with van der Waals surface area (Å²) < 4.78 is 0. The van der Waals surface area contributed by atoms with Crippen LogP contribution in [0.4, 0.5) is 0 Å². The van der Waals surface area contributed by atoms with Gasteiger partial charge in [-0.15, -0.1) is 5.75 Å². The highest BCUT2D eigenvalue weighted by Gasteiger charge is 1.93. The van der Waals surface area contributed by atoms with Gasteiger partial charge in [-0.05, 0) is 5.56 Å². The molecule has 0 saturated heterocycles. The third-order valence-corrected chi connectivity index (χ3v) is 1.50. The van der Waals surface area contributed by atoms with E-state index in [2.05, 4.69) is 5.32 Å². The Bertz CT molecular complexity index is 284. The second-order valence-corrected chi connectivity index (χ2v) is 2.52. The number of carbonyl (C=O) groups is 1. The molecule has 12 heavy (non-hydrogen) atoms. The third-order valence-electron chi connectivity index (χ3n) is 1.50. The van der Waals surface area contributed by atoms with Gasteiger partial charge < -0.3 is 10.4 Å². The lowest BCUT2D eigenvalue weighted by molar-refractivity contribution is -0.269. The number of nitrogens with one attached hydrogen (secondary N) is 1. The van der Waals surface area contributed by atoms with Gasteiger partial charge in [0.2, 0.25) is 5.91 Å². The quantitative estimate of drug-likeness (QED) is 0.687. The molecule has 0 spiro atoms. The Kier molecular flexibility index (Phi) is 2.69. The normalized spacial score (nSPS) is 9.42. The van der Waals surface area contributed by atoms with Crippen molar-refractivity contribution in [3.05, 3.63) is 29.8 Å². The molecule has 1 aromatic carbocycles. The molecule has 64 valence electrons. The van der Waals surface area contributed by atoms with Gasteiger partial charge in [0.25, 0.3) is 0 Å². The topological polar surface area (TPSA) is 52.2 Å². The summed E-state index contributed by atoms with van der Waals surface area (Å²) in [5, 5.41) is 13.6. The molecule has 0 aliphatic heterocycles. The summed E-state index contributed by atoms with van der Waals surface area (Å²) >= 11 is 0. The van der Waals surface area contributed by atoms with Crippen molar-refractivity contribution in [1.29, 1.82) is 0 Å². The van der Waals surface area contributed by atoms with E-state index in [0.717, 1.165) is 0 Å². The number of rotatable bonds is 2. The monoisotopic (exact) mass is 164 g/mol. The molecule has 0 fully saturated rings. The van der Waals surface area contributed by atoms with E-state index in [1.807, 2.05) is 0 Å². The predicted molar refractivity (Wildman–Crippen MR) is 43.4 cm³/mol. The minimum absolute atomic E-state index is 0.0359. The maximum Gasteiger partial charge on any atom is 0.217 e. The summed E-state index contributed by atoms with van der Waals surface area (Å²) in [6.07, 6.45) is 0. The van der Waals surface area contributed by atoms with Gasteiger partial charge in [0.15, 0.2) is 0 Å². The van der Waals surface area contributed by atoms with Crippen molar-refractivity contribution in [1.82, 2.24) is 5.32 Å². The maximum absolute atomic E-state index is 11.1. The predicted octanol–water partition coefficient (Wildman–Crippen LogP) is 0.396. The molecule has 0 heterocycles. The molecule has 0 aliphatic carbocycles. The average Bonchev–Trinajstić information content (AvgIpc) is 2.03. The molecule has 0 radical (unpaired) electrons. The zero-order valence-corrected chi connectivity index (χ0v) is 6.83. The van der Waals surface area contributed by atoms with Crippen LogP contribution in [0.1, 0.15) is 12.5 Å². The van der Waals surface area contributed by atoms with Crippen LogP contribution in [0.25, 0.3) is 0 Å². The van der Waals surface area contributed by atoms with Gasteiger partial charge in [-0.1, -0.05) is 24.3 Å². The van der Waals surface area contributed by atoms with Gasteiger partial charge in [-0.2, -0.15) is 0 Å². The molecule has 0 aromatic heterocycles. The Labute approximate surface area is 71.0 Å². The van der Waals surface area contributed by atoms with E-state index < -0.39 is 0 Å². The Morgan fingerprint density at radius 1 is 1.50 bits per heavy atom. The van der Waals surface area contributed by atoms with Crippen LogP contribution >= 0.6 is 0 Å². The van der Waals surface area contributed by atoms with Crippen LogP contribution in [0.3, 0.4) is 0 Å². The number of benzene rings is 1. The zero-order valence-electron chi connectivity index (χ0n) is 6.83. The second kappa shape index (κ2) is 3.76. The van der Waals surface area contributed by atoms with Crippen LogP contribution < -0.4 is 10.4 Å². The fourth-order valence-corrected chi connectivity index (χ4v) is 0.870. The van der Waals surface area contributed by atoms with Crippen molar-refractivity contribution in [3.63, 3.8) is 0 Å². The molecule has 0 bridgehead atoms. The Balaban J connectivity index is 2.63. The largest absolute Gasteiger partial charge is 0.872 e. The van der Waals surface area contributed by atoms with Crippen LogP contribution in [0.5, 0.6) is 5.75 Å². The van der Waals surface area contributed by atoms with Gasteiger partial charge in [-0.3, -0.25) is 4.79 Å². The number of carbonyl (C=O) groups excluding carboxylic acids is 1. The molecule has 1 amide bonds. The lowest BCUT2D eigenvalue weighted by Crippen LogP contribution is -2.19. The van der Waals surface area contributed by atoms with Crippen LogP contribution in [-0.2, 0) is 11.3 Å². The minimum atomic E-state index is -0.127. The Morgan fingerprint density at radius 3 is 2.75 bits per heavy atom. The molecule has 1 N–H and O–H groups in total. The molecule has 0 saturated carbocycles. The van der Waals surface area contributed by atoms with Gasteiger partial charge in [0, 0.05) is 13.5 Å². The van der Waals surface area contributed by atoms with E-state index in [1.165, 1.54) is 13.0 Å². The minimum Gasteiger partial charge on any atom is -0.872 e. The SMILES string of the molecule is CC(=O)NCc1ccccc1[O-]. The van der Waals surface area contributed by atoms with E-state index in [9.17, 15) is 9.90 Å². The van der Waals surface area contributed by atoms with Crippen LogP contribution in [0.15, 0.2) is 24.3 Å². The summed E-state index contributed by atoms with van der Waals surface area (Å²) in [6, 6.07) is 6.65. The standard InChI is InChI=1S/C9H11NO2/c1-7(11)10-6-8-4-2-3-5-9(8)12/h2-5,12H,6H2,1H3,(H,10,11)/p-1. The molecule has 0 unspecified atom stereocenters. The smallest absolute Gasteiger partial charge is 0.217 e. The van der Waals surface area contributed by atoms with Gasteiger partial charge in [-0.25, -0.2) is 0 Å². The third kappa shape index (κ3) is 2.27. The van der Waals surface area contributed by atoms with Gasteiger partial charge in [0.05, 0.1) is 0 Å². The van der Waals surface area contributed by atoms with E-state index in [-0.39, 0.29) is 11.7 Å². The first-order valence-electron chi connectivity index (χ1n) is 3.69. The van der Waals surface area contributed by atoms with Crippen molar-refractivity contribution >= 4 is 5.91 Å². The highest BCUT2D eigenvalue weighted by molar-refractivity contribution is 5.72. The molecule has 0 atom stereocenters. The molecular weight excluding hydrogens is 154 g/mol. The highest BCUT2D eigenvalue weighted by Crippen LogP contribution is 2.10. The summed E-state index contributed by atoms with van der Waals surface area (Å²) in [4.78, 5) is 10.5. The highest BCUT2D eigenvalue weighted by atomic mass is 16.3. The van der Waals surface area contributed by atoms with Crippen molar-refractivity contribution < 1.29 is 9.90 Å². The fraction of sp³-hybridized carbons (Fsp3) is 0.222. The van der Waals surface area contributed by atoms with Gasteiger partial charge in [0.1, 0.15) is 0 Å². The summed E-state index contributed by atoms with van der Waals surface area (Å²) in [5.74, 6) is -0.162. The van der Waals surface area contributed by atoms with E-state index in [1.54, 1.807) is 18.2 Å². The number of para-hydroxylation sites is 1. The lowest BCUT2D eigenvalue weighted by Gasteiger charge is -2.12. The van der Waals surface area contributed by atoms with E-state index >= 15 is 0 Å². The first kappa shape index (κ1) is 8.59. The Morgan fingerprint density at radius 2 is 2.17 bits per heavy atom. The summed E-state index contributed by atoms with van der Waals surface area (Å²) in [5.41, 5.74) is 0.618. The van der Waals surface area contributed by atoms with Crippen molar-refractivity contribution in [2.24, 2.45) is 0 Å². The maximum atomic E-state index is 11.1. The first-order valence-corrected chi connectivity index (χ1v) is 3.69. The molecule has 1 aromatic rings. The summed E-state index contributed by atoms with van der Waals surface area (Å²) in [6.45, 7) is 1.74. The number of hydrogen-bond acceptors (Lipinski definition) is 2. The molecule has 3 nitrogen and oxygen atoms in total. The summed E-state index contributed by atoms with van der Waals surface area (Å²) in [7, 11) is 0. The van der Waals surface area contributed by atoms with E-state index in [4.69, 9.17) is 0 Å². The van der Waals surface area contributed by atoms with Crippen LogP contribution in [0, 0.1) is 0 Å². The average molecular weight is 164 g/mol. The van der Waals surface area contributed by atoms with Crippen molar-refractivity contribution in [2.45, 2.75) is 13.5 Å². The van der Waals surface area contributed by atoms with E-state index in [0.29, 0.717) is 12.1 Å². The Hall–Kier alpha value is -1.51. The first-order chi connectivity index (χ1) is 5.70. The number of amides is 1.